The molecule has 0 aliphatic heterocycles. The first-order chi connectivity index (χ1) is 14.1. The third kappa shape index (κ3) is 3.67. The Morgan fingerprint density at radius 2 is 2.00 bits per heavy atom. The monoisotopic (exact) mass is 390 g/mol. The minimum Gasteiger partial charge on any atom is -0.324 e. The number of carbonyl (C=O) groups is 1. The Bertz CT molecular complexity index is 1120. The van der Waals surface area contributed by atoms with Gasteiger partial charge in [-0.2, -0.15) is 0 Å². The number of benzene rings is 1. The highest BCUT2D eigenvalue weighted by molar-refractivity contribution is 5.94. The van der Waals surface area contributed by atoms with E-state index in [1.165, 1.54) is 10.9 Å². The molecule has 1 amide bonds. The van der Waals surface area contributed by atoms with Crippen LogP contribution >= 0.6 is 0 Å². The number of amides is 1. The average Bonchev–Trinajstić information content (AvgIpc) is 2.75. The highest BCUT2D eigenvalue weighted by atomic mass is 16.2. The number of aryl methyl sites for hydroxylation is 3. The summed E-state index contributed by atoms with van der Waals surface area (Å²) in [4.78, 5) is 35.2. The smallest absolute Gasteiger partial charge is 0.263 e. The molecule has 0 saturated heterocycles. The summed E-state index contributed by atoms with van der Waals surface area (Å²) in [6, 6.07) is 9.04. The topological polar surface area (TPSA) is 76.9 Å². The number of pyridine rings is 1. The number of nitrogens with zero attached hydrogens (tertiary/aromatic N) is 3. The number of hydrogen-bond donors (Lipinski definition) is 1. The van der Waals surface area contributed by atoms with E-state index in [4.69, 9.17) is 0 Å². The third-order valence-corrected chi connectivity index (χ3v) is 5.73. The molecule has 1 aliphatic carbocycles. The Kier molecular flexibility index (Phi) is 5.43. The van der Waals surface area contributed by atoms with Gasteiger partial charge in [0.05, 0.1) is 5.39 Å². The SMILES string of the molecule is CCc1ccccc1NC(=O)[C@H](CC)n1cnc2nc3c(cc2c1=O)CCCC3. The number of anilines is 1. The summed E-state index contributed by atoms with van der Waals surface area (Å²) in [5, 5.41) is 3.49. The summed E-state index contributed by atoms with van der Waals surface area (Å²) >= 11 is 0. The van der Waals surface area contributed by atoms with Gasteiger partial charge in [-0.25, -0.2) is 9.97 Å². The van der Waals surface area contributed by atoms with Gasteiger partial charge in [0.25, 0.3) is 5.56 Å². The number of nitrogens with one attached hydrogen (secondary N) is 1. The van der Waals surface area contributed by atoms with E-state index in [9.17, 15) is 9.59 Å². The first-order valence-electron chi connectivity index (χ1n) is 10.4. The lowest BCUT2D eigenvalue weighted by Gasteiger charge is -2.20. The Labute approximate surface area is 170 Å². The summed E-state index contributed by atoms with van der Waals surface area (Å²) in [5.74, 6) is -0.206. The second kappa shape index (κ2) is 8.15. The van der Waals surface area contributed by atoms with Crippen LogP contribution in [0.2, 0.25) is 0 Å². The first kappa shape index (κ1) is 19.3. The van der Waals surface area contributed by atoms with E-state index >= 15 is 0 Å². The Morgan fingerprint density at radius 1 is 1.21 bits per heavy atom. The number of fused-ring (bicyclic) bond motifs is 2. The van der Waals surface area contributed by atoms with Crippen molar-refractivity contribution < 1.29 is 4.79 Å². The molecule has 2 heterocycles. The van der Waals surface area contributed by atoms with Crippen molar-refractivity contribution in [3.8, 4) is 0 Å². The van der Waals surface area contributed by atoms with Crippen molar-refractivity contribution in [2.24, 2.45) is 0 Å². The molecule has 29 heavy (non-hydrogen) atoms. The van der Waals surface area contributed by atoms with Crippen molar-refractivity contribution in [3.63, 3.8) is 0 Å². The minimum atomic E-state index is -0.625. The predicted octanol–water partition coefficient (Wildman–Crippen LogP) is 3.82. The largest absolute Gasteiger partial charge is 0.324 e. The van der Waals surface area contributed by atoms with Crippen LogP contribution in [0.4, 0.5) is 5.69 Å². The van der Waals surface area contributed by atoms with Crippen molar-refractivity contribution in [2.45, 2.75) is 58.4 Å². The quantitative estimate of drug-likeness (QED) is 0.718. The lowest BCUT2D eigenvalue weighted by Crippen LogP contribution is -2.33. The van der Waals surface area contributed by atoms with Gasteiger partial charge in [0.2, 0.25) is 5.91 Å². The summed E-state index contributed by atoms with van der Waals surface area (Å²) in [7, 11) is 0. The molecule has 150 valence electrons. The highest BCUT2D eigenvalue weighted by Gasteiger charge is 2.23. The van der Waals surface area contributed by atoms with E-state index in [-0.39, 0.29) is 11.5 Å². The van der Waals surface area contributed by atoms with Gasteiger partial charge < -0.3 is 5.32 Å². The van der Waals surface area contributed by atoms with Crippen LogP contribution < -0.4 is 10.9 Å². The number of aromatic nitrogens is 3. The molecule has 0 spiro atoms. The summed E-state index contributed by atoms with van der Waals surface area (Å²) in [6.07, 6.45) is 6.90. The molecule has 4 rings (SSSR count). The van der Waals surface area contributed by atoms with Crippen LogP contribution in [0.25, 0.3) is 11.0 Å². The van der Waals surface area contributed by atoms with Crippen LogP contribution in [0.15, 0.2) is 41.5 Å². The van der Waals surface area contributed by atoms with Crippen molar-refractivity contribution in [3.05, 3.63) is 63.8 Å². The van der Waals surface area contributed by atoms with Gasteiger partial charge in [-0.3, -0.25) is 14.2 Å². The molecule has 1 N–H and O–H groups in total. The molecule has 6 heteroatoms. The maximum atomic E-state index is 13.2. The van der Waals surface area contributed by atoms with Crippen LogP contribution in [-0.4, -0.2) is 20.4 Å². The average molecular weight is 390 g/mol. The van der Waals surface area contributed by atoms with Gasteiger partial charge in [-0.15, -0.1) is 0 Å². The van der Waals surface area contributed by atoms with Crippen molar-refractivity contribution in [2.75, 3.05) is 5.32 Å². The molecule has 0 bridgehead atoms. The Hall–Kier alpha value is -3.02. The van der Waals surface area contributed by atoms with E-state index in [0.29, 0.717) is 17.5 Å². The summed E-state index contributed by atoms with van der Waals surface area (Å²) in [5.41, 5.74) is 4.30. The van der Waals surface area contributed by atoms with Gasteiger partial charge in [0.15, 0.2) is 5.65 Å². The minimum absolute atomic E-state index is 0.206. The molecule has 0 fully saturated rings. The summed E-state index contributed by atoms with van der Waals surface area (Å²) in [6.45, 7) is 3.95. The van der Waals surface area contributed by atoms with Gasteiger partial charge in [0.1, 0.15) is 12.4 Å². The molecular formula is C23H26N4O2. The second-order valence-corrected chi connectivity index (χ2v) is 7.55. The maximum absolute atomic E-state index is 13.2. The van der Waals surface area contributed by atoms with Crippen LogP contribution in [0.1, 0.15) is 56.0 Å². The van der Waals surface area contributed by atoms with Gasteiger partial charge in [0, 0.05) is 11.4 Å². The summed E-state index contributed by atoms with van der Waals surface area (Å²) < 4.78 is 1.45. The molecule has 1 atom stereocenters. The molecule has 1 aromatic carbocycles. The fourth-order valence-electron chi connectivity index (χ4n) is 4.08. The maximum Gasteiger partial charge on any atom is 0.263 e. The third-order valence-electron chi connectivity index (χ3n) is 5.73. The lowest BCUT2D eigenvalue weighted by atomic mass is 9.95. The molecular weight excluding hydrogens is 364 g/mol. The zero-order valence-corrected chi connectivity index (χ0v) is 16.9. The molecule has 2 aromatic heterocycles. The van der Waals surface area contributed by atoms with E-state index < -0.39 is 6.04 Å². The molecule has 0 saturated carbocycles. The Morgan fingerprint density at radius 3 is 2.79 bits per heavy atom. The molecule has 0 unspecified atom stereocenters. The van der Waals surface area contributed by atoms with Crippen LogP contribution in [0.3, 0.4) is 0 Å². The Balaban J connectivity index is 1.70. The van der Waals surface area contributed by atoms with E-state index in [2.05, 4.69) is 15.3 Å². The fraction of sp³-hybridized carbons (Fsp3) is 0.391. The molecule has 1 aliphatic rings. The number of para-hydroxylation sites is 1. The van der Waals surface area contributed by atoms with E-state index in [0.717, 1.165) is 54.6 Å². The fourth-order valence-corrected chi connectivity index (χ4v) is 4.08. The van der Waals surface area contributed by atoms with Gasteiger partial charge in [-0.1, -0.05) is 32.0 Å². The first-order valence-corrected chi connectivity index (χ1v) is 10.4. The number of carbonyl (C=O) groups excluding carboxylic acids is 1. The second-order valence-electron chi connectivity index (χ2n) is 7.55. The number of rotatable bonds is 5. The van der Waals surface area contributed by atoms with Crippen LogP contribution in [0.5, 0.6) is 0 Å². The van der Waals surface area contributed by atoms with Crippen LogP contribution in [-0.2, 0) is 24.1 Å². The number of hydrogen-bond acceptors (Lipinski definition) is 4. The van der Waals surface area contributed by atoms with Crippen LogP contribution in [0, 0.1) is 0 Å². The predicted molar refractivity (Wildman–Crippen MR) is 114 cm³/mol. The van der Waals surface area contributed by atoms with Gasteiger partial charge in [-0.05, 0) is 61.8 Å². The van der Waals surface area contributed by atoms with Gasteiger partial charge >= 0.3 is 0 Å². The molecule has 0 radical (unpaired) electrons. The molecule has 6 nitrogen and oxygen atoms in total. The van der Waals surface area contributed by atoms with Crippen molar-refractivity contribution >= 4 is 22.6 Å². The molecule has 3 aromatic rings. The standard InChI is InChI=1S/C23H26N4O2/c1-3-15-9-5-7-11-18(15)26-22(28)20(4-2)27-14-24-21-17(23(27)29)13-16-10-6-8-12-19(16)25-21/h5,7,9,11,13-14,20H,3-4,6,8,10,12H2,1-2H3,(H,26,28)/t20-/m0/s1. The zero-order chi connectivity index (χ0) is 20.4. The van der Waals surface area contributed by atoms with Crippen molar-refractivity contribution in [1.82, 2.24) is 14.5 Å². The highest BCUT2D eigenvalue weighted by Crippen LogP contribution is 2.23. The van der Waals surface area contributed by atoms with E-state index in [1.54, 1.807) is 0 Å². The zero-order valence-electron chi connectivity index (χ0n) is 16.9. The van der Waals surface area contributed by atoms with Crippen molar-refractivity contribution in [1.29, 1.82) is 0 Å². The lowest BCUT2D eigenvalue weighted by molar-refractivity contribution is -0.119. The normalized spacial score (nSPS) is 14.4. The van der Waals surface area contributed by atoms with E-state index in [1.807, 2.05) is 44.2 Å².